The highest BCUT2D eigenvalue weighted by atomic mass is 19.1. The van der Waals surface area contributed by atoms with Gasteiger partial charge in [0.2, 0.25) is 0 Å². The summed E-state index contributed by atoms with van der Waals surface area (Å²) in [6.07, 6.45) is 4.43. The van der Waals surface area contributed by atoms with Crippen LogP contribution in [0.3, 0.4) is 0 Å². The fourth-order valence-corrected chi connectivity index (χ4v) is 3.17. The van der Waals surface area contributed by atoms with Crippen LogP contribution in [0.15, 0.2) is 30.3 Å². The van der Waals surface area contributed by atoms with Gasteiger partial charge in [0.25, 0.3) is 0 Å². The van der Waals surface area contributed by atoms with Gasteiger partial charge in [0.05, 0.1) is 0 Å². The van der Waals surface area contributed by atoms with E-state index in [2.05, 4.69) is 5.32 Å². The molecule has 0 amide bonds. The van der Waals surface area contributed by atoms with E-state index in [1.807, 2.05) is 30.3 Å². The lowest BCUT2D eigenvalue weighted by molar-refractivity contribution is 0.0461. The van der Waals surface area contributed by atoms with Crippen LogP contribution in [0, 0.1) is 5.92 Å². The molecule has 20 heavy (non-hydrogen) atoms. The largest absolute Gasteiger partial charge is 0.385 e. The Morgan fingerprint density at radius 2 is 2.10 bits per heavy atom. The number of methoxy groups -OCH3 is 1. The smallest absolute Gasteiger partial charge is 0.140 e. The Kier molecular flexibility index (Phi) is 5.99. The summed E-state index contributed by atoms with van der Waals surface area (Å²) in [5.74, 6) is 0.0844. The Morgan fingerprint density at radius 3 is 2.75 bits per heavy atom. The minimum atomic E-state index is -1.21. The van der Waals surface area contributed by atoms with E-state index in [4.69, 9.17) is 4.74 Å². The Balaban J connectivity index is 2.09. The molecule has 1 aliphatic heterocycles. The number of hydrogen-bond acceptors (Lipinski definition) is 2. The van der Waals surface area contributed by atoms with E-state index in [1.165, 1.54) is 0 Å². The predicted molar refractivity (Wildman–Crippen MR) is 80.5 cm³/mol. The summed E-state index contributed by atoms with van der Waals surface area (Å²) in [6, 6.07) is 9.70. The van der Waals surface area contributed by atoms with Crippen LogP contribution in [0.2, 0.25) is 0 Å². The van der Waals surface area contributed by atoms with Crippen molar-refractivity contribution in [1.82, 2.24) is 5.32 Å². The summed E-state index contributed by atoms with van der Waals surface area (Å²) in [5.41, 5.74) is -0.367. The molecule has 0 radical (unpaired) electrons. The van der Waals surface area contributed by atoms with Crippen molar-refractivity contribution in [2.75, 3.05) is 26.8 Å². The average Bonchev–Trinajstić information content (AvgIpc) is 2.53. The van der Waals surface area contributed by atoms with E-state index in [9.17, 15) is 0 Å². The molecule has 0 saturated carbocycles. The van der Waals surface area contributed by atoms with E-state index in [0.717, 1.165) is 44.3 Å². The van der Waals surface area contributed by atoms with Gasteiger partial charge in [-0.15, -0.1) is 0 Å². The normalized spacial score (nSPS) is 22.4. The summed E-state index contributed by atoms with van der Waals surface area (Å²) >= 11 is 0. The zero-order valence-electron chi connectivity index (χ0n) is 12.4. The maximum atomic E-state index is 15.8. The van der Waals surface area contributed by atoms with Crippen molar-refractivity contribution in [3.63, 3.8) is 0 Å². The van der Waals surface area contributed by atoms with Crippen LogP contribution in [0.5, 0.6) is 0 Å². The third-order valence-corrected chi connectivity index (χ3v) is 4.34. The maximum absolute atomic E-state index is 15.8. The molecule has 0 aliphatic carbocycles. The zero-order chi connectivity index (χ0) is 14.3. The number of alkyl halides is 1. The number of halogens is 1. The fraction of sp³-hybridized carbons (Fsp3) is 0.647. The third kappa shape index (κ3) is 3.80. The van der Waals surface area contributed by atoms with Gasteiger partial charge in [0.15, 0.2) is 0 Å². The number of piperidine rings is 1. The van der Waals surface area contributed by atoms with Crippen molar-refractivity contribution in [2.45, 2.75) is 37.8 Å². The van der Waals surface area contributed by atoms with Crippen molar-refractivity contribution >= 4 is 0 Å². The second kappa shape index (κ2) is 7.75. The van der Waals surface area contributed by atoms with Gasteiger partial charge in [-0.1, -0.05) is 30.3 Å². The molecule has 2 unspecified atom stereocenters. The van der Waals surface area contributed by atoms with Crippen LogP contribution in [-0.4, -0.2) is 26.8 Å². The molecule has 112 valence electrons. The average molecular weight is 279 g/mol. The quantitative estimate of drug-likeness (QED) is 0.769. The van der Waals surface area contributed by atoms with Crippen LogP contribution in [0.4, 0.5) is 4.39 Å². The summed E-state index contributed by atoms with van der Waals surface area (Å²) in [5, 5.41) is 3.35. The van der Waals surface area contributed by atoms with Crippen LogP contribution in [-0.2, 0) is 10.4 Å². The molecule has 1 aromatic carbocycles. The van der Waals surface area contributed by atoms with Crippen LogP contribution in [0.1, 0.15) is 37.7 Å². The number of benzene rings is 1. The SMILES string of the molecule is COCCCCC(F)(c1ccccc1)C1CCCNC1. The Bertz CT molecular complexity index is 378. The van der Waals surface area contributed by atoms with E-state index < -0.39 is 5.67 Å². The van der Waals surface area contributed by atoms with Gasteiger partial charge < -0.3 is 10.1 Å². The Hall–Kier alpha value is -0.930. The molecule has 1 aliphatic rings. The highest BCUT2D eigenvalue weighted by molar-refractivity contribution is 5.24. The van der Waals surface area contributed by atoms with Crippen LogP contribution >= 0.6 is 0 Å². The molecule has 1 saturated heterocycles. The van der Waals surface area contributed by atoms with Gasteiger partial charge in [-0.2, -0.15) is 0 Å². The summed E-state index contributed by atoms with van der Waals surface area (Å²) < 4.78 is 20.8. The number of ether oxygens (including phenoxy) is 1. The van der Waals surface area contributed by atoms with Crippen molar-refractivity contribution in [1.29, 1.82) is 0 Å². The first-order valence-corrected chi connectivity index (χ1v) is 7.71. The molecule has 1 fully saturated rings. The second-order valence-electron chi connectivity index (χ2n) is 5.72. The lowest BCUT2D eigenvalue weighted by Crippen LogP contribution is -2.41. The molecule has 0 spiro atoms. The molecule has 1 aromatic rings. The van der Waals surface area contributed by atoms with Gasteiger partial charge in [-0.05, 0) is 44.2 Å². The van der Waals surface area contributed by atoms with E-state index in [1.54, 1.807) is 7.11 Å². The van der Waals surface area contributed by atoms with Gasteiger partial charge in [0, 0.05) is 26.2 Å². The minimum Gasteiger partial charge on any atom is -0.385 e. The molecular formula is C17H26FNO. The number of nitrogens with one attached hydrogen (secondary N) is 1. The van der Waals surface area contributed by atoms with Crippen molar-refractivity contribution in [3.05, 3.63) is 35.9 Å². The fourth-order valence-electron chi connectivity index (χ4n) is 3.17. The lowest BCUT2D eigenvalue weighted by Gasteiger charge is -2.37. The molecule has 3 heteroatoms. The number of hydrogen-bond donors (Lipinski definition) is 1. The topological polar surface area (TPSA) is 21.3 Å². The van der Waals surface area contributed by atoms with Gasteiger partial charge in [0.1, 0.15) is 5.67 Å². The molecule has 2 nitrogen and oxygen atoms in total. The first kappa shape index (κ1) is 15.5. The maximum Gasteiger partial charge on any atom is 0.140 e. The first-order valence-electron chi connectivity index (χ1n) is 7.71. The van der Waals surface area contributed by atoms with Gasteiger partial charge in [-0.3, -0.25) is 0 Å². The van der Waals surface area contributed by atoms with Crippen molar-refractivity contribution < 1.29 is 9.13 Å². The van der Waals surface area contributed by atoms with Crippen molar-refractivity contribution in [2.24, 2.45) is 5.92 Å². The van der Waals surface area contributed by atoms with Gasteiger partial charge >= 0.3 is 0 Å². The van der Waals surface area contributed by atoms with Crippen molar-refractivity contribution in [3.8, 4) is 0 Å². The van der Waals surface area contributed by atoms with Gasteiger partial charge in [-0.25, -0.2) is 4.39 Å². The molecule has 0 aromatic heterocycles. The zero-order valence-corrected chi connectivity index (χ0v) is 12.4. The van der Waals surface area contributed by atoms with E-state index in [0.29, 0.717) is 13.0 Å². The Labute approximate surface area is 121 Å². The minimum absolute atomic E-state index is 0.0844. The molecule has 1 N–H and O–H groups in total. The second-order valence-corrected chi connectivity index (χ2v) is 5.72. The summed E-state index contributed by atoms with van der Waals surface area (Å²) in [4.78, 5) is 0. The van der Waals surface area contributed by atoms with E-state index in [-0.39, 0.29) is 5.92 Å². The predicted octanol–water partition coefficient (Wildman–Crippen LogP) is 3.67. The monoisotopic (exact) mass is 279 g/mol. The summed E-state index contributed by atoms with van der Waals surface area (Å²) in [6.45, 7) is 2.52. The van der Waals surface area contributed by atoms with E-state index >= 15 is 4.39 Å². The lowest BCUT2D eigenvalue weighted by atomic mass is 9.76. The molecule has 0 bridgehead atoms. The molecule has 2 atom stereocenters. The molecule has 2 rings (SSSR count). The molecular weight excluding hydrogens is 253 g/mol. The number of rotatable bonds is 7. The standard InChI is InChI=1S/C17H26FNO/c1-20-13-6-5-11-17(18,15-8-3-2-4-9-15)16-10-7-12-19-14-16/h2-4,8-9,16,19H,5-7,10-14H2,1H3. The first-order chi connectivity index (χ1) is 9.77. The van der Waals surface area contributed by atoms with Crippen LogP contribution < -0.4 is 5.32 Å². The highest BCUT2D eigenvalue weighted by Gasteiger charge is 2.40. The highest BCUT2D eigenvalue weighted by Crippen LogP contribution is 2.41. The number of unbranched alkanes of at least 4 members (excludes halogenated alkanes) is 1. The van der Waals surface area contributed by atoms with Crippen LogP contribution in [0.25, 0.3) is 0 Å². The Morgan fingerprint density at radius 1 is 1.30 bits per heavy atom. The summed E-state index contributed by atoms with van der Waals surface area (Å²) in [7, 11) is 1.70. The third-order valence-electron chi connectivity index (χ3n) is 4.34. The molecule has 1 heterocycles.